The van der Waals surface area contributed by atoms with Gasteiger partial charge >= 0.3 is 58.9 Å². The third kappa shape index (κ3) is 37.8. The predicted octanol–water partition coefficient (Wildman–Crippen LogP) is 18.1. The zero-order chi connectivity index (χ0) is 108. The molecule has 6 aromatic carbocycles. The molecule has 2 saturated heterocycles. The Morgan fingerprint density at radius 1 is 0.517 bits per heavy atom. The highest BCUT2D eigenvalue weighted by Crippen LogP contribution is 2.41. The number of carboxylic acid groups (broad SMARTS) is 1. The van der Waals surface area contributed by atoms with Crippen LogP contribution in [0.3, 0.4) is 0 Å². The third-order valence-corrected chi connectivity index (χ3v) is 30.2. The quantitative estimate of drug-likeness (QED) is 0.00369. The maximum Gasteiger partial charge on any atom is 0.534 e. The Bertz CT molecular complexity index is 5770. The van der Waals surface area contributed by atoms with Crippen molar-refractivity contribution in [3.8, 4) is 28.0 Å². The number of amides is 3. The number of aliphatic hydroxyl groups is 1. The molecule has 3 amide bonds. The number of cyclic esters (lactones) is 2. The average molecular weight is 2080 g/mol. The molecule has 12 atom stereocenters. The van der Waals surface area contributed by atoms with Gasteiger partial charge < -0.3 is 83.2 Å². The molecule has 0 radical (unpaired) electrons. The van der Waals surface area contributed by atoms with Crippen molar-refractivity contribution in [3.05, 3.63) is 251 Å². The number of anilines is 3. The summed E-state index contributed by atoms with van der Waals surface area (Å²) in [5.41, 5.74) is 0.0699. The van der Waals surface area contributed by atoms with E-state index >= 15 is 0 Å². The van der Waals surface area contributed by atoms with Gasteiger partial charge in [-0.1, -0.05) is 149 Å². The van der Waals surface area contributed by atoms with E-state index in [1.54, 1.807) is 123 Å². The molecule has 12 rings (SSSR count). The smallest absolute Gasteiger partial charge is 0.481 e. The normalized spacial score (nSPS) is 17.9. The first-order valence-electron chi connectivity index (χ1n) is 47.7. The van der Waals surface area contributed by atoms with Crippen molar-refractivity contribution < 1.29 is 116 Å². The Morgan fingerprint density at radius 3 is 1.21 bits per heavy atom. The summed E-state index contributed by atoms with van der Waals surface area (Å²) in [6.45, 7) is 28.4. The molecule has 145 heavy (non-hydrogen) atoms. The summed E-state index contributed by atoms with van der Waals surface area (Å²) in [5, 5.41) is 45.5. The molecule has 0 bridgehead atoms. The Kier molecular flexibility index (Phi) is 42.8. The standard InChI is InChI=1S/C37H52FN3O5Si.C31H36FN3O4.C25H27F4NO7S.C7H11BN2O2.C6H12ClNO/c1-36(2,3)45-35(44)40-31(21-25-15-17-26(18-16-25)28-19-20-33(39-24-28)41(7)8)32(46-47(9,10)37(4,5)6)23-29(34(42)43)22-27-13-11-12-14-30(27)38;1-31(2,3)39-30(37)34-26(27-18-24(29(36)38-27)17-22-8-6-7-9-25(22)32)16-20-10-12-21(13-11-20)23-14-15-28(33-19-23)35(4)5;1-24(2,3)36-23(32)30-20(12-15-8-10-18(11-9-15)37-38(33,34)25(27,28)29)21-14-17(22(31)35-21)13-16-6-4-5-7-19(16)26;1-10(2)7-4-3-6(5-9-7)8(11)12;1-4-2-3-5(9)6(4)8-7/h11-20,24,29,31-32H,21-23H2,1-10H3,(H,40,44)(H,42,43);6-15,19,24,26-27H,16-18H2,1-5H3,(H,34,37);4-11,17,20-21H,12-14H2,1-3H3,(H,30,32);3-5,11-12H,1-2H3;4-6,8-9H,2-3H2,1H3/t29-,31+,32+;24-,26+,27+;17-,20+,21+;;4-,5-,6+/m111.1/s1. The molecule has 3 aromatic heterocycles. The fourth-order valence-electron chi connectivity index (χ4n) is 15.7. The number of carboxylic acids is 1. The lowest BCUT2D eigenvalue weighted by atomic mass is 9.82. The maximum absolute atomic E-state index is 14.7. The summed E-state index contributed by atoms with van der Waals surface area (Å²) < 4.78 is 142. The number of hydrogen-bond donors (Lipinski definition) is 8. The van der Waals surface area contributed by atoms with E-state index in [1.165, 1.54) is 42.6 Å². The van der Waals surface area contributed by atoms with Crippen LogP contribution >= 0.6 is 11.8 Å². The van der Waals surface area contributed by atoms with Gasteiger partial charge in [0.15, 0.2) is 8.32 Å². The van der Waals surface area contributed by atoms with Crippen molar-refractivity contribution in [3.63, 3.8) is 0 Å². The van der Waals surface area contributed by atoms with E-state index in [1.807, 2.05) is 142 Å². The monoisotopic (exact) mass is 2070 g/mol. The highest BCUT2D eigenvalue weighted by molar-refractivity contribution is 7.88. The molecular weight excluding hydrogens is 1940 g/mol. The molecule has 788 valence electrons. The molecule has 39 heteroatoms. The number of nitrogens with one attached hydrogen (secondary N) is 4. The highest BCUT2D eigenvalue weighted by Gasteiger charge is 2.50. The predicted molar refractivity (Wildman–Crippen MR) is 550 cm³/mol. The largest absolute Gasteiger partial charge is 0.534 e. The van der Waals surface area contributed by atoms with Crippen LogP contribution < -0.4 is 45.1 Å². The number of esters is 2. The first-order chi connectivity index (χ1) is 67.6. The number of nitrogens with zero attached hydrogens (tertiary/aromatic N) is 6. The number of carbonyl (C=O) groups is 6. The lowest BCUT2D eigenvalue weighted by Crippen LogP contribution is -2.54. The van der Waals surface area contributed by atoms with Crippen LogP contribution in [0, 0.1) is 41.1 Å². The van der Waals surface area contributed by atoms with Crippen molar-refractivity contribution in [1.29, 1.82) is 0 Å². The molecule has 8 N–H and O–H groups in total. The lowest BCUT2D eigenvalue weighted by molar-refractivity contribution is -0.146. The summed E-state index contributed by atoms with van der Waals surface area (Å²) in [6.07, 6.45) is 4.57. The van der Waals surface area contributed by atoms with Crippen molar-refractivity contribution in [2.75, 3.05) is 57.0 Å². The minimum Gasteiger partial charge on any atom is -0.481 e. The fraction of sp³-hybridized carbons (Fsp3) is 0.462. The van der Waals surface area contributed by atoms with E-state index in [4.69, 9.17) is 49.9 Å². The van der Waals surface area contributed by atoms with Gasteiger partial charge in [0, 0.05) is 90.3 Å². The van der Waals surface area contributed by atoms with Crippen molar-refractivity contribution in [2.24, 2.45) is 23.7 Å². The number of pyridine rings is 3. The molecule has 9 aromatic rings. The highest BCUT2D eigenvalue weighted by atomic mass is 35.5. The number of halogens is 7. The molecule has 5 heterocycles. The van der Waals surface area contributed by atoms with Crippen molar-refractivity contribution in [1.82, 2.24) is 35.7 Å². The van der Waals surface area contributed by atoms with E-state index < -0.39 is 150 Å². The lowest BCUT2D eigenvalue weighted by Gasteiger charge is -2.42. The summed E-state index contributed by atoms with van der Waals surface area (Å²) in [7, 11) is 1.77. The first kappa shape index (κ1) is 118. The molecule has 1 saturated carbocycles. The number of carbonyl (C=O) groups excluding carboxylic acids is 5. The number of aromatic nitrogens is 3. The van der Waals surface area contributed by atoms with Crippen LogP contribution in [-0.2, 0) is 91.1 Å². The Hall–Kier alpha value is -11.9. The van der Waals surface area contributed by atoms with Gasteiger partial charge in [0.1, 0.15) is 69.7 Å². The van der Waals surface area contributed by atoms with E-state index in [-0.39, 0.29) is 67.5 Å². The van der Waals surface area contributed by atoms with Gasteiger partial charge in [-0.15, -0.1) is 0 Å². The van der Waals surface area contributed by atoms with Gasteiger partial charge in [-0.25, -0.2) is 47.3 Å². The van der Waals surface area contributed by atoms with Gasteiger partial charge in [-0.2, -0.15) is 21.6 Å². The zero-order valence-corrected chi connectivity index (χ0v) is 88.6. The van der Waals surface area contributed by atoms with Crippen LogP contribution in [-0.4, -0.2) is 208 Å². The molecule has 29 nitrogen and oxygen atoms in total. The number of ether oxygens (including phenoxy) is 5. The maximum atomic E-state index is 14.7. The summed E-state index contributed by atoms with van der Waals surface area (Å²) in [6, 6.07) is 48.9. The second-order valence-corrected chi connectivity index (χ2v) is 47.9. The van der Waals surface area contributed by atoms with E-state index in [0.717, 1.165) is 75.8 Å². The molecule has 0 spiro atoms. The van der Waals surface area contributed by atoms with Crippen LogP contribution in [0.25, 0.3) is 22.3 Å². The van der Waals surface area contributed by atoms with Gasteiger partial charge in [0.25, 0.3) is 0 Å². The average Bonchev–Trinajstić information content (AvgIpc) is 1.15. The first-order valence-corrected chi connectivity index (χ1v) is 52.4. The second-order valence-electron chi connectivity index (χ2n) is 41.4. The molecule has 1 aliphatic carbocycles. The topological polar surface area (TPSA) is 379 Å². The van der Waals surface area contributed by atoms with Gasteiger partial charge in [0.2, 0.25) is 0 Å². The van der Waals surface area contributed by atoms with Crippen molar-refractivity contribution in [2.45, 2.75) is 250 Å². The van der Waals surface area contributed by atoms with Crippen LogP contribution in [0.1, 0.15) is 155 Å². The van der Waals surface area contributed by atoms with E-state index in [2.05, 4.69) is 80.7 Å². The zero-order valence-electron chi connectivity index (χ0n) is 86.0. The number of alkyl halides is 3. The SMILES string of the molecule is CC(C)(C)OC(=O)N[C@@H](Cc1ccc(OS(=O)(=O)C(F)(F)F)cc1)[C@@H]1C[C@@H](Cc2ccccc2F)C(=O)O1.CN(C)c1ccc(-c2ccc(C[C@H](NC(=O)OC(C)(C)C)[C@@H]3C[C@@H](Cc4ccccc4F)C(=O)O3)cc2)cn1.CN(C)c1ccc(-c2ccc(C[C@H](NC(=O)OC(C)(C)C)[C@H](C[C@@H](Cc3ccccc3F)C(=O)O)O[Si](C)(C)C(C)(C)C)cc2)cn1.CN(C)c1ccc(B(O)O)cn1.C[C@@H]1CC[C@@H](O)[C@H]1NCl. The fourth-order valence-corrected chi connectivity index (χ4v) is 17.8. The summed E-state index contributed by atoms with van der Waals surface area (Å²) >= 11 is 5.39. The van der Waals surface area contributed by atoms with Gasteiger partial charge in [-0.3, -0.25) is 14.4 Å². The summed E-state index contributed by atoms with van der Waals surface area (Å²) in [5.74, 6) is -2.86. The third-order valence-electron chi connectivity index (χ3n) is 24.4. The number of aliphatic hydroxyl groups excluding tert-OH is 1. The Morgan fingerprint density at radius 2 is 0.890 bits per heavy atom. The number of alkyl carbamates (subject to hydrolysis) is 3. The van der Waals surface area contributed by atoms with Crippen LogP contribution in [0.5, 0.6) is 5.75 Å². The van der Waals surface area contributed by atoms with E-state index in [9.17, 15) is 73.7 Å². The van der Waals surface area contributed by atoms with Crippen LogP contribution in [0.4, 0.5) is 58.2 Å². The van der Waals surface area contributed by atoms with Gasteiger partial charge in [0.05, 0.1) is 54.1 Å². The number of aliphatic carboxylic acids is 1. The van der Waals surface area contributed by atoms with Crippen LogP contribution in [0.15, 0.2) is 201 Å². The number of rotatable bonds is 32. The summed E-state index contributed by atoms with van der Waals surface area (Å²) in [4.78, 5) is 97.7. The number of hydrogen-bond acceptors (Lipinski definition) is 25. The molecular formula is C106H138BClF6N10O19SSi. The molecule has 3 aliphatic rings. The Labute approximate surface area is 853 Å². The minimum absolute atomic E-state index is 0.00608. The van der Waals surface area contributed by atoms with Crippen molar-refractivity contribution >= 4 is 96.4 Å². The van der Waals surface area contributed by atoms with Gasteiger partial charge in [-0.05, 0) is 261 Å². The molecule has 3 fully saturated rings. The Balaban J connectivity index is 0.000000241. The second kappa shape index (κ2) is 52.4. The molecule has 0 unspecified atom stereocenters. The molecule has 2 aliphatic heterocycles. The van der Waals surface area contributed by atoms with E-state index in [0.29, 0.717) is 52.9 Å². The minimum atomic E-state index is -5.83. The van der Waals surface area contributed by atoms with Crippen LogP contribution in [0.2, 0.25) is 18.1 Å². The number of benzene rings is 6.